The highest BCUT2D eigenvalue weighted by Crippen LogP contribution is 2.39. The van der Waals surface area contributed by atoms with Gasteiger partial charge in [0.1, 0.15) is 6.10 Å². The smallest absolute Gasteiger partial charge is 0.313 e. The molecule has 3 nitrogen and oxygen atoms in total. The summed E-state index contributed by atoms with van der Waals surface area (Å²) >= 11 is 0. The summed E-state index contributed by atoms with van der Waals surface area (Å²) in [6.45, 7) is 0.457. The number of ether oxygens (including phenoxy) is 1. The topological polar surface area (TPSA) is 52.3 Å². The molecule has 3 heteroatoms. The van der Waals surface area contributed by atoms with E-state index in [9.17, 15) is 4.79 Å². The summed E-state index contributed by atoms with van der Waals surface area (Å²) in [6.07, 6.45) is 10.1. The molecule has 2 N–H and O–H groups in total. The fraction of sp³-hybridized carbons (Fsp3) is 0.923. The zero-order valence-corrected chi connectivity index (χ0v) is 10.0. The number of hydrogen-bond donors (Lipinski definition) is 1. The fourth-order valence-corrected chi connectivity index (χ4v) is 3.00. The molecule has 16 heavy (non-hydrogen) atoms. The van der Waals surface area contributed by atoms with Gasteiger partial charge in [0.15, 0.2) is 0 Å². The largest absolute Gasteiger partial charge is 0.462 e. The van der Waals surface area contributed by atoms with Crippen molar-refractivity contribution in [2.24, 2.45) is 11.1 Å². The van der Waals surface area contributed by atoms with E-state index in [4.69, 9.17) is 10.5 Å². The van der Waals surface area contributed by atoms with Crippen molar-refractivity contribution in [3.63, 3.8) is 0 Å². The van der Waals surface area contributed by atoms with Crippen LogP contribution in [-0.4, -0.2) is 18.6 Å². The number of rotatable bonds is 3. The summed E-state index contributed by atoms with van der Waals surface area (Å²) in [5.74, 6) is -0.0144. The summed E-state index contributed by atoms with van der Waals surface area (Å²) in [7, 11) is 0. The molecule has 0 radical (unpaired) electrons. The molecule has 0 spiro atoms. The Bertz CT molecular complexity index is 240. The zero-order chi connectivity index (χ0) is 11.4. The second kappa shape index (κ2) is 5.17. The lowest BCUT2D eigenvalue weighted by molar-refractivity contribution is -0.162. The van der Waals surface area contributed by atoms with Crippen LogP contribution in [0.1, 0.15) is 57.8 Å². The fourth-order valence-electron chi connectivity index (χ4n) is 3.00. The Morgan fingerprint density at radius 1 is 1.12 bits per heavy atom. The number of carbonyl (C=O) groups excluding carboxylic acids is 1. The first-order valence-corrected chi connectivity index (χ1v) is 6.68. The number of nitrogens with two attached hydrogens (primary N) is 1. The Hall–Kier alpha value is -0.570. The minimum Gasteiger partial charge on any atom is -0.462 e. The van der Waals surface area contributed by atoms with Crippen molar-refractivity contribution < 1.29 is 9.53 Å². The van der Waals surface area contributed by atoms with Crippen molar-refractivity contribution in [1.82, 2.24) is 0 Å². The van der Waals surface area contributed by atoms with Gasteiger partial charge in [0.25, 0.3) is 0 Å². The minimum atomic E-state index is -0.336. The molecule has 0 unspecified atom stereocenters. The lowest BCUT2D eigenvalue weighted by atomic mass is 9.86. The lowest BCUT2D eigenvalue weighted by Gasteiger charge is -2.29. The molecule has 2 aliphatic carbocycles. The van der Waals surface area contributed by atoms with Gasteiger partial charge in [-0.3, -0.25) is 4.79 Å². The normalized spacial score (nSPS) is 25.6. The predicted molar refractivity (Wildman–Crippen MR) is 62.9 cm³/mol. The van der Waals surface area contributed by atoms with Crippen LogP contribution < -0.4 is 5.73 Å². The van der Waals surface area contributed by atoms with Gasteiger partial charge in [-0.05, 0) is 38.5 Å². The van der Waals surface area contributed by atoms with Gasteiger partial charge in [0, 0.05) is 6.54 Å². The van der Waals surface area contributed by atoms with E-state index < -0.39 is 0 Å². The average molecular weight is 225 g/mol. The average Bonchev–Trinajstić information content (AvgIpc) is 2.80. The molecule has 0 amide bonds. The third-order valence-electron chi connectivity index (χ3n) is 4.21. The number of carbonyl (C=O) groups is 1. The van der Waals surface area contributed by atoms with Crippen LogP contribution in [0.2, 0.25) is 0 Å². The van der Waals surface area contributed by atoms with E-state index in [-0.39, 0.29) is 17.5 Å². The summed E-state index contributed by atoms with van der Waals surface area (Å²) in [6, 6.07) is 0. The molecule has 0 atom stereocenters. The van der Waals surface area contributed by atoms with Gasteiger partial charge >= 0.3 is 5.97 Å². The van der Waals surface area contributed by atoms with Crippen molar-refractivity contribution in [3.05, 3.63) is 0 Å². The van der Waals surface area contributed by atoms with Crippen molar-refractivity contribution in [3.8, 4) is 0 Å². The first-order valence-electron chi connectivity index (χ1n) is 6.68. The van der Waals surface area contributed by atoms with Gasteiger partial charge in [-0.25, -0.2) is 0 Å². The van der Waals surface area contributed by atoms with E-state index in [1.165, 1.54) is 19.3 Å². The minimum absolute atomic E-state index is 0.0144. The molecule has 0 heterocycles. The van der Waals surface area contributed by atoms with Gasteiger partial charge in [-0.1, -0.05) is 19.3 Å². The molecular weight excluding hydrogens is 202 g/mol. The molecule has 0 aromatic rings. The Labute approximate surface area is 97.7 Å². The van der Waals surface area contributed by atoms with E-state index in [1.807, 2.05) is 0 Å². The summed E-state index contributed by atoms with van der Waals surface area (Å²) < 4.78 is 5.65. The van der Waals surface area contributed by atoms with Gasteiger partial charge < -0.3 is 10.5 Å². The highest BCUT2D eigenvalue weighted by Gasteiger charge is 2.42. The Morgan fingerprint density at radius 2 is 1.75 bits per heavy atom. The Balaban J connectivity index is 1.90. The van der Waals surface area contributed by atoms with Crippen LogP contribution in [0, 0.1) is 5.41 Å². The van der Waals surface area contributed by atoms with Crippen LogP contribution >= 0.6 is 0 Å². The second-order valence-corrected chi connectivity index (χ2v) is 5.36. The molecule has 0 bridgehead atoms. The molecular formula is C13H23NO2. The van der Waals surface area contributed by atoms with Gasteiger partial charge in [0.05, 0.1) is 5.41 Å². The lowest BCUT2D eigenvalue weighted by Crippen LogP contribution is -2.39. The van der Waals surface area contributed by atoms with E-state index in [1.54, 1.807) is 0 Å². The van der Waals surface area contributed by atoms with E-state index in [2.05, 4.69) is 0 Å². The van der Waals surface area contributed by atoms with Gasteiger partial charge in [-0.2, -0.15) is 0 Å². The van der Waals surface area contributed by atoms with Crippen LogP contribution in [0.4, 0.5) is 0 Å². The molecule has 92 valence electrons. The molecule has 0 aromatic carbocycles. The third kappa shape index (κ3) is 2.40. The molecule has 2 fully saturated rings. The summed E-state index contributed by atoms with van der Waals surface area (Å²) in [5, 5.41) is 0. The first kappa shape index (κ1) is 11.9. The number of hydrogen-bond acceptors (Lipinski definition) is 3. The quantitative estimate of drug-likeness (QED) is 0.750. The molecule has 2 saturated carbocycles. The highest BCUT2D eigenvalue weighted by molar-refractivity contribution is 5.77. The van der Waals surface area contributed by atoms with Crippen LogP contribution in [0.3, 0.4) is 0 Å². The van der Waals surface area contributed by atoms with Crippen molar-refractivity contribution in [2.45, 2.75) is 63.9 Å². The van der Waals surface area contributed by atoms with E-state index in [0.29, 0.717) is 6.54 Å². The molecule has 0 aliphatic heterocycles. The van der Waals surface area contributed by atoms with Crippen molar-refractivity contribution in [2.75, 3.05) is 6.54 Å². The maximum atomic E-state index is 12.2. The number of esters is 1. The molecule has 2 aliphatic rings. The predicted octanol–water partition coefficient (Wildman–Crippen LogP) is 2.38. The standard InChI is InChI=1S/C13H23NO2/c14-10-13(8-4-5-9-13)12(15)16-11-6-2-1-3-7-11/h11H,1-10,14H2. The molecule has 0 aromatic heterocycles. The van der Waals surface area contributed by atoms with Gasteiger partial charge in [0.2, 0.25) is 0 Å². The Kier molecular flexibility index (Phi) is 3.85. The van der Waals surface area contributed by atoms with Crippen molar-refractivity contribution >= 4 is 5.97 Å². The summed E-state index contributed by atoms with van der Waals surface area (Å²) in [4.78, 5) is 12.2. The SMILES string of the molecule is NCC1(C(=O)OC2CCCCC2)CCCC1. The third-order valence-corrected chi connectivity index (χ3v) is 4.21. The van der Waals surface area contributed by atoms with Crippen LogP contribution in [0.5, 0.6) is 0 Å². The maximum absolute atomic E-state index is 12.2. The Morgan fingerprint density at radius 3 is 2.31 bits per heavy atom. The van der Waals surface area contributed by atoms with Gasteiger partial charge in [-0.15, -0.1) is 0 Å². The van der Waals surface area contributed by atoms with Crippen LogP contribution in [-0.2, 0) is 9.53 Å². The summed E-state index contributed by atoms with van der Waals surface area (Å²) in [5.41, 5.74) is 5.44. The van der Waals surface area contributed by atoms with Crippen LogP contribution in [0.25, 0.3) is 0 Å². The second-order valence-electron chi connectivity index (χ2n) is 5.36. The molecule has 0 saturated heterocycles. The molecule has 2 rings (SSSR count). The zero-order valence-electron chi connectivity index (χ0n) is 10.0. The van der Waals surface area contributed by atoms with Crippen LogP contribution in [0.15, 0.2) is 0 Å². The monoisotopic (exact) mass is 225 g/mol. The van der Waals surface area contributed by atoms with Crippen molar-refractivity contribution in [1.29, 1.82) is 0 Å². The first-order chi connectivity index (χ1) is 7.77. The van der Waals surface area contributed by atoms with E-state index >= 15 is 0 Å². The highest BCUT2D eigenvalue weighted by atomic mass is 16.5. The maximum Gasteiger partial charge on any atom is 0.313 e. The van der Waals surface area contributed by atoms with E-state index in [0.717, 1.165) is 38.5 Å².